The van der Waals surface area contributed by atoms with Crippen LogP contribution in [0.1, 0.15) is 35.6 Å². The van der Waals surface area contributed by atoms with E-state index in [0.29, 0.717) is 35.5 Å². The first-order valence-corrected chi connectivity index (χ1v) is 14.8. The molecule has 2 atom stereocenters. The van der Waals surface area contributed by atoms with E-state index in [9.17, 15) is 13.2 Å². The molecular weight excluding hydrogens is 562 g/mol. The average Bonchev–Trinajstić information content (AvgIpc) is 3.41. The Bertz CT molecular complexity index is 1560. The number of carbonyl (C=O) groups is 1. The summed E-state index contributed by atoms with van der Waals surface area (Å²) in [6.45, 7) is 0.330. The van der Waals surface area contributed by atoms with Crippen LogP contribution in [-0.4, -0.2) is 56.9 Å². The Morgan fingerprint density at radius 1 is 1.12 bits per heavy atom. The van der Waals surface area contributed by atoms with Gasteiger partial charge in [0.1, 0.15) is 5.75 Å². The van der Waals surface area contributed by atoms with E-state index < -0.39 is 33.1 Å². The second-order valence-electron chi connectivity index (χ2n) is 9.39. The second-order valence-corrected chi connectivity index (χ2v) is 11.5. The van der Waals surface area contributed by atoms with Crippen LogP contribution in [0, 0.1) is 0 Å². The molecule has 0 aliphatic carbocycles. The molecule has 0 aromatic heterocycles. The zero-order chi connectivity index (χ0) is 30.0. The third kappa shape index (κ3) is 6.89. The molecule has 0 saturated carbocycles. The SMILES string of the molecule is CONC(=O)[C@@]1(CCS(=O)(=O)c2ccccc2)N=C(c2ccc(OCCCO)cc2)O[C@H]1c1ccccc1CN=[N+]=[N-]. The summed E-state index contributed by atoms with van der Waals surface area (Å²) in [5.74, 6) is -0.430. The van der Waals surface area contributed by atoms with Crippen LogP contribution in [0.25, 0.3) is 10.4 Å². The number of hydrogen-bond acceptors (Lipinski definition) is 9. The molecule has 4 rings (SSSR count). The molecule has 220 valence electrons. The van der Waals surface area contributed by atoms with E-state index in [1.807, 2.05) is 0 Å². The predicted octanol–water partition coefficient (Wildman–Crippen LogP) is 4.06. The molecule has 0 spiro atoms. The molecule has 0 fully saturated rings. The van der Waals surface area contributed by atoms with Crippen molar-refractivity contribution in [2.45, 2.75) is 35.9 Å². The van der Waals surface area contributed by atoms with Gasteiger partial charge in [-0.2, -0.15) is 0 Å². The molecule has 2 N–H and O–H groups in total. The highest BCUT2D eigenvalue weighted by Crippen LogP contribution is 2.44. The lowest BCUT2D eigenvalue weighted by Crippen LogP contribution is -2.49. The minimum atomic E-state index is -3.81. The molecule has 0 bridgehead atoms. The zero-order valence-electron chi connectivity index (χ0n) is 22.9. The molecule has 1 heterocycles. The molecule has 1 aliphatic rings. The predicted molar refractivity (Wildman–Crippen MR) is 154 cm³/mol. The van der Waals surface area contributed by atoms with Crippen molar-refractivity contribution in [2.24, 2.45) is 10.1 Å². The number of amides is 1. The van der Waals surface area contributed by atoms with E-state index in [1.165, 1.54) is 19.2 Å². The highest BCUT2D eigenvalue weighted by Gasteiger charge is 2.54. The Morgan fingerprint density at radius 2 is 1.83 bits per heavy atom. The fraction of sp³-hybridized carbons (Fsp3) is 0.310. The molecule has 0 unspecified atom stereocenters. The van der Waals surface area contributed by atoms with Gasteiger partial charge >= 0.3 is 0 Å². The Labute approximate surface area is 243 Å². The number of aliphatic hydroxyl groups is 1. The summed E-state index contributed by atoms with van der Waals surface area (Å²) >= 11 is 0. The normalized spacial score (nSPS) is 18.0. The summed E-state index contributed by atoms with van der Waals surface area (Å²) in [6.07, 6.45) is -0.845. The lowest BCUT2D eigenvalue weighted by molar-refractivity contribution is -0.139. The molecule has 3 aromatic carbocycles. The van der Waals surface area contributed by atoms with Crippen molar-refractivity contribution in [2.75, 3.05) is 26.1 Å². The standard InChI is InChI=1S/C29H31N5O7S/c1-39-33-28(36)29(16-19-42(37,38)24-9-3-2-4-10-24)26(25-11-6-5-8-22(25)20-31-34-30)41-27(32-29)21-12-14-23(15-13-21)40-18-7-17-35/h2-6,8-15,26,35H,7,16-20H2,1H3,(H,33,36)/t26-,29-/m0/s1. The van der Waals surface area contributed by atoms with E-state index in [1.54, 1.807) is 66.7 Å². The van der Waals surface area contributed by atoms with Gasteiger partial charge in [-0.3, -0.25) is 9.63 Å². The summed E-state index contributed by atoms with van der Waals surface area (Å²) in [4.78, 5) is 26.5. The maximum Gasteiger partial charge on any atom is 0.275 e. The van der Waals surface area contributed by atoms with E-state index in [4.69, 9.17) is 29.9 Å². The topological polar surface area (TPSA) is 172 Å². The van der Waals surface area contributed by atoms with Crippen molar-refractivity contribution >= 4 is 21.6 Å². The van der Waals surface area contributed by atoms with Gasteiger partial charge in [-0.05, 0) is 53.1 Å². The van der Waals surface area contributed by atoms with Gasteiger partial charge in [0, 0.05) is 29.9 Å². The van der Waals surface area contributed by atoms with Crippen LogP contribution in [0.5, 0.6) is 5.75 Å². The Morgan fingerprint density at radius 3 is 2.52 bits per heavy atom. The first-order chi connectivity index (χ1) is 20.3. The van der Waals surface area contributed by atoms with Crippen molar-refractivity contribution in [3.63, 3.8) is 0 Å². The van der Waals surface area contributed by atoms with Gasteiger partial charge in [-0.25, -0.2) is 18.9 Å². The van der Waals surface area contributed by atoms with E-state index in [2.05, 4.69) is 15.5 Å². The largest absolute Gasteiger partial charge is 0.494 e. The van der Waals surface area contributed by atoms with Crippen LogP contribution in [0.4, 0.5) is 0 Å². The smallest absolute Gasteiger partial charge is 0.275 e. The van der Waals surface area contributed by atoms with Crippen LogP contribution in [0.15, 0.2) is 93.9 Å². The average molecular weight is 594 g/mol. The Kier molecular flexibility index (Phi) is 10.2. The van der Waals surface area contributed by atoms with Crippen LogP contribution in [0.3, 0.4) is 0 Å². The van der Waals surface area contributed by atoms with Crippen LogP contribution < -0.4 is 10.2 Å². The molecule has 3 aromatic rings. The third-order valence-electron chi connectivity index (χ3n) is 6.72. The number of ether oxygens (including phenoxy) is 2. The fourth-order valence-corrected chi connectivity index (χ4v) is 5.99. The molecule has 1 aliphatic heterocycles. The van der Waals surface area contributed by atoms with Gasteiger partial charge in [0.2, 0.25) is 5.90 Å². The molecule has 0 radical (unpaired) electrons. The summed E-state index contributed by atoms with van der Waals surface area (Å²) < 4.78 is 38.6. The number of aliphatic hydroxyl groups excluding tert-OH is 1. The zero-order valence-corrected chi connectivity index (χ0v) is 23.7. The summed E-state index contributed by atoms with van der Waals surface area (Å²) in [6, 6.07) is 21.8. The number of rotatable bonds is 14. The minimum Gasteiger partial charge on any atom is -0.494 e. The van der Waals surface area contributed by atoms with Crippen LogP contribution >= 0.6 is 0 Å². The number of nitrogens with zero attached hydrogens (tertiary/aromatic N) is 4. The maximum atomic E-state index is 13.8. The lowest BCUT2D eigenvalue weighted by atomic mass is 9.83. The van der Waals surface area contributed by atoms with Gasteiger partial charge in [0.25, 0.3) is 5.91 Å². The maximum absolute atomic E-state index is 13.8. The minimum absolute atomic E-state index is 0.0108. The molecule has 1 amide bonds. The third-order valence-corrected chi connectivity index (χ3v) is 8.45. The van der Waals surface area contributed by atoms with Gasteiger partial charge in [-0.1, -0.05) is 47.6 Å². The summed E-state index contributed by atoms with van der Waals surface area (Å²) in [7, 11) is -2.54. The van der Waals surface area contributed by atoms with Gasteiger partial charge in [-0.15, -0.1) is 0 Å². The van der Waals surface area contributed by atoms with Crippen molar-refractivity contribution in [3.05, 3.63) is 106 Å². The second kappa shape index (κ2) is 14.0. The number of hydroxylamine groups is 1. The summed E-state index contributed by atoms with van der Waals surface area (Å²) in [5, 5.41) is 12.7. The highest BCUT2D eigenvalue weighted by atomic mass is 32.2. The fourth-order valence-electron chi connectivity index (χ4n) is 4.61. The quantitative estimate of drug-likeness (QED) is 0.0932. The molecule has 42 heavy (non-hydrogen) atoms. The molecular formula is C29H31N5O7S. The van der Waals surface area contributed by atoms with Crippen LogP contribution in [0.2, 0.25) is 0 Å². The Hall–Kier alpha value is -4.42. The molecule has 0 saturated heterocycles. The first kappa shape index (κ1) is 30.5. The molecule has 12 nitrogen and oxygen atoms in total. The van der Waals surface area contributed by atoms with Crippen LogP contribution in [-0.2, 0) is 30.8 Å². The monoisotopic (exact) mass is 593 g/mol. The molecule has 13 heteroatoms. The number of sulfone groups is 1. The van der Waals surface area contributed by atoms with E-state index >= 15 is 0 Å². The number of aliphatic imine (C=N–C) groups is 1. The number of carbonyl (C=O) groups excluding carboxylic acids is 1. The number of benzene rings is 3. The van der Waals surface area contributed by atoms with Crippen molar-refractivity contribution in [1.82, 2.24) is 5.48 Å². The lowest BCUT2D eigenvalue weighted by Gasteiger charge is -2.31. The van der Waals surface area contributed by atoms with Crippen molar-refractivity contribution in [1.29, 1.82) is 0 Å². The van der Waals surface area contributed by atoms with Crippen molar-refractivity contribution < 1.29 is 32.6 Å². The number of nitrogens with one attached hydrogen (secondary N) is 1. The van der Waals surface area contributed by atoms with Gasteiger partial charge in [0.15, 0.2) is 21.5 Å². The highest BCUT2D eigenvalue weighted by molar-refractivity contribution is 7.91. The van der Waals surface area contributed by atoms with E-state index in [-0.39, 0.29) is 30.4 Å². The number of hydrogen-bond donors (Lipinski definition) is 2. The van der Waals surface area contributed by atoms with Crippen molar-refractivity contribution in [3.8, 4) is 5.75 Å². The van der Waals surface area contributed by atoms with Gasteiger partial charge < -0.3 is 14.6 Å². The van der Waals surface area contributed by atoms with Gasteiger partial charge in [0.05, 0.1) is 30.9 Å². The summed E-state index contributed by atoms with van der Waals surface area (Å²) in [5.41, 5.74) is 11.1. The number of azide groups is 1. The first-order valence-electron chi connectivity index (χ1n) is 13.1. The van der Waals surface area contributed by atoms with E-state index in [0.717, 1.165) is 0 Å². The Balaban J connectivity index is 1.79.